The third-order valence-electron chi connectivity index (χ3n) is 6.81. The molecule has 4 rings (SSSR count). The average Bonchev–Trinajstić information content (AvgIpc) is 3.33. The highest BCUT2D eigenvalue weighted by Crippen LogP contribution is 2.37. The minimum absolute atomic E-state index is 0.140. The van der Waals surface area contributed by atoms with Gasteiger partial charge in [0.15, 0.2) is 0 Å². The predicted molar refractivity (Wildman–Crippen MR) is 144 cm³/mol. The van der Waals surface area contributed by atoms with Crippen LogP contribution in [0, 0.1) is 20.8 Å². The van der Waals surface area contributed by atoms with Gasteiger partial charge in [-0.05, 0) is 107 Å². The molecule has 0 aliphatic carbocycles. The summed E-state index contributed by atoms with van der Waals surface area (Å²) in [7, 11) is -3.91. The van der Waals surface area contributed by atoms with Gasteiger partial charge in [-0.2, -0.15) is 0 Å². The van der Waals surface area contributed by atoms with Gasteiger partial charge < -0.3 is 9.84 Å². The molecule has 1 aliphatic rings. The minimum Gasteiger partial charge on any atom is -0.508 e. The molecule has 7 heteroatoms. The monoisotopic (exact) mass is 508 g/mol. The number of sulfonamides is 1. The molecule has 1 N–H and O–H groups in total. The standard InChI is InChI=1S/C29H36N2O4S/c1-21-19-22(2)29(23(3)20-21)36(33,34)31(24(4)25-7-11-27(32)12-8-25)26-9-13-28(14-10-26)35-18-17-30-15-5-6-16-30/h7-14,19-20,24,32H,5-6,15-18H2,1-4H3. The number of anilines is 1. The Kier molecular flexibility index (Phi) is 7.91. The highest BCUT2D eigenvalue weighted by atomic mass is 32.2. The number of hydrogen-bond acceptors (Lipinski definition) is 5. The second-order valence-electron chi connectivity index (χ2n) is 9.69. The smallest absolute Gasteiger partial charge is 0.265 e. The average molecular weight is 509 g/mol. The molecule has 1 heterocycles. The van der Waals surface area contributed by atoms with Crippen molar-refractivity contribution in [3.63, 3.8) is 0 Å². The van der Waals surface area contributed by atoms with E-state index in [0.717, 1.165) is 47.6 Å². The number of ether oxygens (including phenoxy) is 1. The van der Waals surface area contributed by atoms with E-state index in [1.54, 1.807) is 36.4 Å². The number of aromatic hydroxyl groups is 1. The van der Waals surface area contributed by atoms with Gasteiger partial charge in [0.2, 0.25) is 0 Å². The van der Waals surface area contributed by atoms with Gasteiger partial charge in [-0.25, -0.2) is 8.42 Å². The molecule has 0 aromatic heterocycles. The molecule has 1 atom stereocenters. The van der Waals surface area contributed by atoms with Gasteiger partial charge in [-0.15, -0.1) is 0 Å². The summed E-state index contributed by atoms with van der Waals surface area (Å²) in [4.78, 5) is 2.72. The number of likely N-dealkylation sites (tertiary alicyclic amines) is 1. The van der Waals surface area contributed by atoms with E-state index in [4.69, 9.17) is 4.74 Å². The van der Waals surface area contributed by atoms with E-state index < -0.39 is 16.1 Å². The summed E-state index contributed by atoms with van der Waals surface area (Å²) in [5, 5.41) is 9.75. The summed E-state index contributed by atoms with van der Waals surface area (Å²) in [5.74, 6) is 0.858. The summed E-state index contributed by atoms with van der Waals surface area (Å²) < 4.78 is 35.8. The summed E-state index contributed by atoms with van der Waals surface area (Å²) in [5.41, 5.74) is 3.80. The molecule has 0 radical (unpaired) electrons. The van der Waals surface area contributed by atoms with Crippen molar-refractivity contribution in [1.82, 2.24) is 4.90 Å². The highest BCUT2D eigenvalue weighted by Gasteiger charge is 2.33. The Hall–Kier alpha value is -3.03. The zero-order valence-electron chi connectivity index (χ0n) is 21.6. The molecule has 1 fully saturated rings. The molecule has 36 heavy (non-hydrogen) atoms. The van der Waals surface area contributed by atoms with Crippen molar-refractivity contribution in [3.8, 4) is 11.5 Å². The maximum absolute atomic E-state index is 14.2. The fourth-order valence-electron chi connectivity index (χ4n) is 5.12. The van der Waals surface area contributed by atoms with Gasteiger partial charge in [-0.1, -0.05) is 29.8 Å². The van der Waals surface area contributed by atoms with Crippen molar-refractivity contribution in [1.29, 1.82) is 0 Å². The third kappa shape index (κ3) is 5.68. The van der Waals surface area contributed by atoms with E-state index >= 15 is 0 Å². The lowest BCUT2D eigenvalue weighted by atomic mass is 10.1. The van der Waals surface area contributed by atoms with E-state index in [2.05, 4.69) is 4.90 Å². The Bertz CT molecular complexity index is 1260. The first kappa shape index (κ1) is 26.0. The Morgan fingerprint density at radius 3 is 2.11 bits per heavy atom. The maximum atomic E-state index is 14.2. The molecule has 1 aliphatic heterocycles. The van der Waals surface area contributed by atoms with Crippen LogP contribution in [0.2, 0.25) is 0 Å². The van der Waals surface area contributed by atoms with Gasteiger partial charge in [0.25, 0.3) is 10.0 Å². The van der Waals surface area contributed by atoms with E-state index in [-0.39, 0.29) is 5.75 Å². The molecule has 0 saturated carbocycles. The predicted octanol–water partition coefficient (Wildman–Crippen LogP) is 5.75. The number of phenols is 1. The Morgan fingerprint density at radius 1 is 0.944 bits per heavy atom. The van der Waals surface area contributed by atoms with Crippen molar-refractivity contribution in [2.75, 3.05) is 30.5 Å². The first-order valence-corrected chi connectivity index (χ1v) is 14.0. The number of rotatable bonds is 9. The van der Waals surface area contributed by atoms with Crippen molar-refractivity contribution >= 4 is 15.7 Å². The Morgan fingerprint density at radius 2 is 1.53 bits per heavy atom. The lowest BCUT2D eigenvalue weighted by Gasteiger charge is -2.32. The molecular weight excluding hydrogens is 472 g/mol. The summed E-state index contributed by atoms with van der Waals surface area (Å²) >= 11 is 0. The van der Waals surface area contributed by atoms with Gasteiger partial charge in [-0.3, -0.25) is 9.21 Å². The zero-order chi connectivity index (χ0) is 25.9. The van der Waals surface area contributed by atoms with E-state index in [9.17, 15) is 13.5 Å². The molecule has 1 saturated heterocycles. The van der Waals surface area contributed by atoms with Gasteiger partial charge in [0.05, 0.1) is 16.6 Å². The van der Waals surface area contributed by atoms with Gasteiger partial charge in [0.1, 0.15) is 18.1 Å². The lowest BCUT2D eigenvalue weighted by molar-refractivity contribution is 0.238. The highest BCUT2D eigenvalue weighted by molar-refractivity contribution is 7.93. The fraction of sp³-hybridized carbons (Fsp3) is 0.379. The molecule has 0 amide bonds. The number of hydrogen-bond donors (Lipinski definition) is 1. The van der Waals surface area contributed by atoms with Crippen LogP contribution in [-0.4, -0.2) is 44.7 Å². The minimum atomic E-state index is -3.91. The number of aryl methyl sites for hydroxylation is 3. The van der Waals surface area contributed by atoms with Crippen LogP contribution in [0.5, 0.6) is 11.5 Å². The van der Waals surface area contributed by atoms with Crippen LogP contribution in [0.25, 0.3) is 0 Å². The van der Waals surface area contributed by atoms with Crippen molar-refractivity contribution in [2.24, 2.45) is 0 Å². The van der Waals surface area contributed by atoms with E-state index in [1.165, 1.54) is 17.1 Å². The molecule has 3 aromatic carbocycles. The quantitative estimate of drug-likeness (QED) is 0.399. The molecule has 1 unspecified atom stereocenters. The Balaban J connectivity index is 1.67. The molecule has 0 spiro atoms. The number of phenolic OH excluding ortho intramolecular Hbond substituents is 1. The largest absolute Gasteiger partial charge is 0.508 e. The maximum Gasteiger partial charge on any atom is 0.265 e. The van der Waals surface area contributed by atoms with Crippen molar-refractivity contribution < 1.29 is 18.3 Å². The van der Waals surface area contributed by atoms with E-state index in [1.807, 2.05) is 52.0 Å². The van der Waals surface area contributed by atoms with E-state index in [0.29, 0.717) is 17.2 Å². The number of benzene rings is 3. The normalized spacial score (nSPS) is 15.1. The van der Waals surface area contributed by atoms with Crippen LogP contribution in [-0.2, 0) is 10.0 Å². The second-order valence-corrected chi connectivity index (χ2v) is 11.4. The SMILES string of the molecule is Cc1cc(C)c(S(=O)(=O)N(c2ccc(OCCN3CCCC3)cc2)C(C)c2ccc(O)cc2)c(C)c1. The van der Waals surface area contributed by atoms with Crippen LogP contribution >= 0.6 is 0 Å². The molecule has 3 aromatic rings. The summed E-state index contributed by atoms with van der Waals surface area (Å²) in [6.45, 7) is 11.3. The van der Waals surface area contributed by atoms with Crippen LogP contribution in [0.15, 0.2) is 65.6 Å². The second kappa shape index (κ2) is 10.9. The lowest BCUT2D eigenvalue weighted by Crippen LogP contribution is -2.34. The molecule has 192 valence electrons. The fourth-order valence-corrected chi connectivity index (χ4v) is 7.18. The van der Waals surface area contributed by atoms with Gasteiger partial charge in [0, 0.05) is 6.54 Å². The summed E-state index contributed by atoms with van der Waals surface area (Å²) in [6.07, 6.45) is 2.50. The van der Waals surface area contributed by atoms with Crippen molar-refractivity contribution in [2.45, 2.75) is 51.5 Å². The van der Waals surface area contributed by atoms with Crippen LogP contribution < -0.4 is 9.04 Å². The van der Waals surface area contributed by atoms with Crippen LogP contribution in [0.4, 0.5) is 5.69 Å². The first-order valence-electron chi connectivity index (χ1n) is 12.5. The zero-order valence-corrected chi connectivity index (χ0v) is 22.4. The topological polar surface area (TPSA) is 70.1 Å². The molecule has 0 bridgehead atoms. The molecule has 6 nitrogen and oxygen atoms in total. The molecular formula is C29H36N2O4S. The third-order valence-corrected chi connectivity index (χ3v) is 9.02. The van der Waals surface area contributed by atoms with Crippen molar-refractivity contribution in [3.05, 3.63) is 82.9 Å². The van der Waals surface area contributed by atoms with Crippen LogP contribution in [0.3, 0.4) is 0 Å². The summed E-state index contributed by atoms with van der Waals surface area (Å²) in [6, 6.07) is 17.3. The number of nitrogens with zero attached hydrogens (tertiary/aromatic N) is 2. The first-order chi connectivity index (χ1) is 17.2. The Labute approximate surface area is 215 Å². The van der Waals surface area contributed by atoms with Crippen LogP contribution in [0.1, 0.15) is 48.1 Å². The van der Waals surface area contributed by atoms with Gasteiger partial charge >= 0.3 is 0 Å².